The lowest BCUT2D eigenvalue weighted by molar-refractivity contribution is 0.107. The summed E-state index contributed by atoms with van der Waals surface area (Å²) in [5.74, 6) is -0.382. The van der Waals surface area contributed by atoms with Crippen LogP contribution in [0.3, 0.4) is 0 Å². The van der Waals surface area contributed by atoms with E-state index in [1.54, 1.807) is 6.07 Å². The molecule has 0 unspecified atom stereocenters. The first-order chi connectivity index (χ1) is 10.4. The second-order valence-electron chi connectivity index (χ2n) is 5.53. The monoisotopic (exact) mass is 330 g/mol. The Morgan fingerprint density at radius 3 is 2.73 bits per heavy atom. The van der Waals surface area contributed by atoms with Crippen LogP contribution in [-0.4, -0.2) is 45.4 Å². The molecule has 0 amide bonds. The van der Waals surface area contributed by atoms with E-state index in [9.17, 15) is 12.8 Å². The van der Waals surface area contributed by atoms with E-state index in [-0.39, 0.29) is 12.4 Å². The van der Waals surface area contributed by atoms with Crippen molar-refractivity contribution in [3.63, 3.8) is 0 Å². The Balaban J connectivity index is 2.14. The number of nitrogens with zero attached hydrogens (tertiary/aromatic N) is 2. The van der Waals surface area contributed by atoms with Crippen LogP contribution in [0.2, 0.25) is 0 Å². The molecule has 7 heteroatoms. The minimum Gasteiger partial charge on any atom is -0.361 e. The zero-order chi connectivity index (χ0) is 16.2. The molecule has 1 fully saturated rings. The predicted molar refractivity (Wildman–Crippen MR) is 84.7 cm³/mol. The summed E-state index contributed by atoms with van der Waals surface area (Å²) < 4.78 is 44.4. The van der Waals surface area contributed by atoms with Crippen molar-refractivity contribution in [2.45, 2.75) is 26.3 Å². The van der Waals surface area contributed by atoms with Crippen molar-refractivity contribution in [3.05, 3.63) is 29.6 Å². The van der Waals surface area contributed by atoms with Crippen LogP contribution in [0.25, 0.3) is 0 Å². The molecule has 0 spiro atoms. The van der Waals surface area contributed by atoms with Gasteiger partial charge in [0.1, 0.15) is 12.5 Å². The molecule has 124 valence electrons. The number of ether oxygens (including phenoxy) is 1. The topological polar surface area (TPSA) is 49.9 Å². The minimum absolute atomic E-state index is 0.0648. The zero-order valence-electron chi connectivity index (χ0n) is 13.1. The van der Waals surface area contributed by atoms with Crippen LogP contribution >= 0.6 is 0 Å². The number of halogens is 1. The van der Waals surface area contributed by atoms with E-state index < -0.39 is 10.0 Å². The second-order valence-corrected chi connectivity index (χ2v) is 7.51. The molecule has 22 heavy (non-hydrogen) atoms. The summed E-state index contributed by atoms with van der Waals surface area (Å²) in [6.07, 6.45) is 2.76. The van der Waals surface area contributed by atoms with E-state index in [0.29, 0.717) is 25.3 Å². The van der Waals surface area contributed by atoms with Gasteiger partial charge in [-0.25, -0.2) is 12.8 Å². The first kappa shape index (κ1) is 17.2. The number of benzene rings is 1. The summed E-state index contributed by atoms with van der Waals surface area (Å²) in [6, 6.07) is 4.93. The second kappa shape index (κ2) is 7.39. The average Bonchev–Trinajstić information content (AvgIpc) is 2.48. The first-order valence-electron chi connectivity index (χ1n) is 7.48. The van der Waals surface area contributed by atoms with E-state index >= 15 is 0 Å². The molecule has 1 aliphatic rings. The summed E-state index contributed by atoms with van der Waals surface area (Å²) in [5, 5.41) is 0. The standard InChI is InChI=1S/C15H23FN2O3S/c1-3-7-18(22(2,19)20)11-13-5-6-14(10-15(13)16)17-8-4-9-21-12-17/h5-6,10H,3-4,7-9,11-12H2,1-2H3. The number of hydrogen-bond donors (Lipinski definition) is 0. The van der Waals surface area contributed by atoms with Crippen LogP contribution in [0.1, 0.15) is 25.3 Å². The van der Waals surface area contributed by atoms with Gasteiger partial charge in [0.15, 0.2) is 0 Å². The molecule has 2 rings (SSSR count). The Bertz CT molecular complexity index is 601. The van der Waals surface area contributed by atoms with Crippen molar-refractivity contribution in [2.75, 3.05) is 37.6 Å². The van der Waals surface area contributed by atoms with Gasteiger partial charge in [-0.1, -0.05) is 13.0 Å². The van der Waals surface area contributed by atoms with Crippen molar-refractivity contribution in [1.82, 2.24) is 4.31 Å². The third-order valence-corrected chi connectivity index (χ3v) is 4.90. The molecule has 1 aromatic carbocycles. The molecule has 0 atom stereocenters. The van der Waals surface area contributed by atoms with E-state index in [1.807, 2.05) is 17.9 Å². The van der Waals surface area contributed by atoms with Crippen LogP contribution < -0.4 is 4.90 Å². The molecular formula is C15H23FN2O3S. The predicted octanol–water partition coefficient (Wildman–Crippen LogP) is 2.18. The maximum Gasteiger partial charge on any atom is 0.211 e. The molecule has 5 nitrogen and oxygen atoms in total. The van der Waals surface area contributed by atoms with Gasteiger partial charge in [0, 0.05) is 30.9 Å². The molecule has 1 saturated heterocycles. The highest BCUT2D eigenvalue weighted by atomic mass is 32.2. The quantitative estimate of drug-likeness (QED) is 0.802. The fourth-order valence-electron chi connectivity index (χ4n) is 2.46. The zero-order valence-corrected chi connectivity index (χ0v) is 13.9. The molecule has 0 bridgehead atoms. The number of sulfonamides is 1. The maximum absolute atomic E-state index is 14.3. The van der Waals surface area contributed by atoms with Crippen LogP contribution in [0.15, 0.2) is 18.2 Å². The van der Waals surface area contributed by atoms with Crippen LogP contribution in [-0.2, 0) is 21.3 Å². The third-order valence-electron chi connectivity index (χ3n) is 3.65. The number of anilines is 1. The molecule has 1 aliphatic heterocycles. The average molecular weight is 330 g/mol. The van der Waals surface area contributed by atoms with Gasteiger partial charge >= 0.3 is 0 Å². The largest absolute Gasteiger partial charge is 0.361 e. The summed E-state index contributed by atoms with van der Waals surface area (Å²) in [4.78, 5) is 1.97. The van der Waals surface area contributed by atoms with E-state index in [1.165, 1.54) is 10.4 Å². The van der Waals surface area contributed by atoms with Crippen molar-refractivity contribution < 1.29 is 17.5 Å². The summed E-state index contributed by atoms with van der Waals surface area (Å²) in [7, 11) is -3.34. The fraction of sp³-hybridized carbons (Fsp3) is 0.600. The van der Waals surface area contributed by atoms with Gasteiger partial charge in [-0.3, -0.25) is 0 Å². The van der Waals surface area contributed by atoms with E-state index in [4.69, 9.17) is 4.74 Å². The van der Waals surface area contributed by atoms with Crippen molar-refractivity contribution >= 4 is 15.7 Å². The van der Waals surface area contributed by atoms with Gasteiger partial charge in [-0.05, 0) is 25.0 Å². The Hall–Kier alpha value is -1.18. The van der Waals surface area contributed by atoms with E-state index in [0.717, 1.165) is 31.5 Å². The third kappa shape index (κ3) is 4.41. The highest BCUT2D eigenvalue weighted by Crippen LogP contribution is 2.22. The minimum atomic E-state index is -3.34. The van der Waals surface area contributed by atoms with Gasteiger partial charge in [0.25, 0.3) is 0 Å². The Kier molecular flexibility index (Phi) is 5.77. The SMILES string of the molecule is CCCN(Cc1ccc(N2CCCOC2)cc1F)S(C)(=O)=O. The first-order valence-corrected chi connectivity index (χ1v) is 9.33. The lowest BCUT2D eigenvalue weighted by Gasteiger charge is -2.29. The molecule has 0 radical (unpaired) electrons. The van der Waals surface area contributed by atoms with Crippen LogP contribution in [0.4, 0.5) is 10.1 Å². The molecule has 0 N–H and O–H groups in total. The fourth-order valence-corrected chi connectivity index (χ4v) is 3.35. The summed E-state index contributed by atoms with van der Waals surface area (Å²) in [6.45, 7) is 4.38. The maximum atomic E-state index is 14.3. The van der Waals surface area contributed by atoms with Gasteiger partial charge in [-0.15, -0.1) is 0 Å². The van der Waals surface area contributed by atoms with Gasteiger partial charge < -0.3 is 9.64 Å². The summed E-state index contributed by atoms with van der Waals surface area (Å²) >= 11 is 0. The van der Waals surface area contributed by atoms with Gasteiger partial charge in [0.05, 0.1) is 12.9 Å². The molecule has 0 saturated carbocycles. The smallest absolute Gasteiger partial charge is 0.211 e. The Labute approximate surface area is 131 Å². The highest BCUT2D eigenvalue weighted by Gasteiger charge is 2.19. The molecule has 0 aromatic heterocycles. The molecule has 1 heterocycles. The lowest BCUT2D eigenvalue weighted by Crippen LogP contribution is -2.33. The summed E-state index contributed by atoms with van der Waals surface area (Å²) in [5.41, 5.74) is 1.16. The van der Waals surface area contributed by atoms with Gasteiger partial charge in [0.2, 0.25) is 10.0 Å². The lowest BCUT2D eigenvalue weighted by atomic mass is 10.1. The molecule has 1 aromatic rings. The Morgan fingerprint density at radius 1 is 1.41 bits per heavy atom. The van der Waals surface area contributed by atoms with Crippen molar-refractivity contribution in [2.24, 2.45) is 0 Å². The van der Waals surface area contributed by atoms with Crippen LogP contribution in [0.5, 0.6) is 0 Å². The van der Waals surface area contributed by atoms with Crippen molar-refractivity contribution in [1.29, 1.82) is 0 Å². The molecular weight excluding hydrogens is 307 g/mol. The van der Waals surface area contributed by atoms with Crippen LogP contribution in [0, 0.1) is 5.82 Å². The van der Waals surface area contributed by atoms with Crippen molar-refractivity contribution in [3.8, 4) is 0 Å². The number of rotatable bonds is 6. The number of hydrogen-bond acceptors (Lipinski definition) is 4. The van der Waals surface area contributed by atoms with E-state index in [2.05, 4.69) is 0 Å². The Morgan fingerprint density at radius 2 is 2.18 bits per heavy atom. The van der Waals surface area contributed by atoms with Gasteiger partial charge in [-0.2, -0.15) is 4.31 Å². The normalized spacial score (nSPS) is 16.3. The highest BCUT2D eigenvalue weighted by molar-refractivity contribution is 7.88. The molecule has 0 aliphatic carbocycles.